The highest BCUT2D eigenvalue weighted by Crippen LogP contribution is 2.32. The molecular weight excluding hydrogens is 494 g/mol. The average molecular weight is 518 g/mol. The van der Waals surface area contributed by atoms with Crippen LogP contribution in [0.4, 0.5) is 17.1 Å². The molecule has 2 N–H and O–H groups in total. The molecule has 0 aliphatic carbocycles. The van der Waals surface area contributed by atoms with E-state index in [2.05, 4.69) is 10.6 Å². The van der Waals surface area contributed by atoms with Crippen LogP contribution in [0.25, 0.3) is 0 Å². The first-order chi connectivity index (χ1) is 17.8. The fourth-order valence-corrected chi connectivity index (χ4v) is 3.97. The number of aryl methyl sites for hydroxylation is 1. The molecule has 3 aromatic rings. The number of carbonyl (C=O) groups excluding carboxylic acids is 4. The fraction of sp³-hybridized carbons (Fsp3) is 0.143. The third-order valence-electron chi connectivity index (χ3n) is 5.50. The van der Waals surface area contributed by atoms with E-state index < -0.39 is 17.8 Å². The zero-order chi connectivity index (χ0) is 26.5. The molecule has 0 aromatic heterocycles. The number of rotatable bonds is 8. The van der Waals surface area contributed by atoms with E-state index in [1.165, 1.54) is 12.1 Å². The Bertz CT molecular complexity index is 1430. The van der Waals surface area contributed by atoms with E-state index in [0.29, 0.717) is 23.4 Å². The Kier molecular flexibility index (Phi) is 7.69. The molecule has 37 heavy (non-hydrogen) atoms. The van der Waals surface area contributed by atoms with E-state index in [9.17, 15) is 19.2 Å². The van der Waals surface area contributed by atoms with Crippen molar-refractivity contribution in [3.05, 3.63) is 100 Å². The minimum absolute atomic E-state index is 0.0678. The number of benzene rings is 3. The van der Waals surface area contributed by atoms with E-state index in [-0.39, 0.29) is 34.5 Å². The smallest absolute Gasteiger partial charge is 0.340 e. The molecule has 188 valence electrons. The highest BCUT2D eigenvalue weighted by molar-refractivity contribution is 6.53. The van der Waals surface area contributed by atoms with Gasteiger partial charge in [0.05, 0.1) is 17.9 Å². The molecule has 1 heterocycles. The second kappa shape index (κ2) is 11.1. The van der Waals surface area contributed by atoms with Crippen LogP contribution in [0.2, 0.25) is 0 Å². The van der Waals surface area contributed by atoms with Gasteiger partial charge in [-0.1, -0.05) is 48.9 Å². The molecule has 3 amide bonds. The number of amides is 3. The molecule has 3 aromatic carbocycles. The third-order valence-corrected chi connectivity index (χ3v) is 5.85. The highest BCUT2D eigenvalue weighted by Gasteiger charge is 2.40. The molecule has 9 heteroatoms. The Hall–Kier alpha value is -4.43. The Morgan fingerprint density at radius 3 is 2.41 bits per heavy atom. The molecule has 0 spiro atoms. The number of hydrogen-bond acceptors (Lipinski definition) is 6. The van der Waals surface area contributed by atoms with E-state index in [0.717, 1.165) is 10.5 Å². The number of nitrogens with zero attached hydrogens (tertiary/aromatic N) is 1. The Balaban J connectivity index is 1.55. The Morgan fingerprint density at radius 1 is 0.919 bits per heavy atom. The van der Waals surface area contributed by atoms with Crippen LogP contribution in [0.1, 0.15) is 39.6 Å². The lowest BCUT2D eigenvalue weighted by Gasteiger charge is -2.18. The van der Waals surface area contributed by atoms with Crippen LogP contribution in [-0.4, -0.2) is 30.3 Å². The van der Waals surface area contributed by atoms with Crippen LogP contribution in [0.3, 0.4) is 0 Å². The zero-order valence-corrected chi connectivity index (χ0v) is 21.0. The van der Waals surface area contributed by atoms with Crippen LogP contribution in [-0.2, 0) is 14.3 Å². The summed E-state index contributed by atoms with van der Waals surface area (Å²) in [5, 5.41) is 5.35. The van der Waals surface area contributed by atoms with Gasteiger partial charge in [-0.2, -0.15) is 0 Å². The van der Waals surface area contributed by atoms with Gasteiger partial charge in [0.25, 0.3) is 17.7 Å². The van der Waals surface area contributed by atoms with Gasteiger partial charge in [-0.15, -0.1) is 0 Å². The summed E-state index contributed by atoms with van der Waals surface area (Å²) < 4.78 is 5.19. The summed E-state index contributed by atoms with van der Waals surface area (Å²) in [5.41, 5.74) is 2.34. The molecule has 0 fully saturated rings. The number of nitrogens with one attached hydrogen (secondary N) is 2. The van der Waals surface area contributed by atoms with Gasteiger partial charge < -0.3 is 15.4 Å². The van der Waals surface area contributed by atoms with Crippen molar-refractivity contribution in [3.8, 4) is 0 Å². The first-order valence-corrected chi connectivity index (χ1v) is 12.0. The number of ether oxygens (including phenoxy) is 1. The van der Waals surface area contributed by atoms with Crippen molar-refractivity contribution in [3.63, 3.8) is 0 Å². The van der Waals surface area contributed by atoms with Gasteiger partial charge in [0.2, 0.25) is 0 Å². The topological polar surface area (TPSA) is 105 Å². The maximum absolute atomic E-state index is 13.3. The molecule has 1 aliphatic rings. The lowest BCUT2D eigenvalue weighted by Crippen LogP contribution is -2.33. The van der Waals surface area contributed by atoms with Gasteiger partial charge in [0.1, 0.15) is 10.7 Å². The van der Waals surface area contributed by atoms with Crippen LogP contribution < -0.4 is 15.5 Å². The van der Waals surface area contributed by atoms with Gasteiger partial charge >= 0.3 is 5.97 Å². The monoisotopic (exact) mass is 517 g/mol. The number of carbonyl (C=O) groups is 4. The van der Waals surface area contributed by atoms with Gasteiger partial charge in [-0.05, 0) is 61.4 Å². The lowest BCUT2D eigenvalue weighted by molar-refractivity contribution is -0.120. The molecule has 8 nitrogen and oxygen atoms in total. The number of anilines is 3. The number of para-hydroxylation sites is 1. The summed E-state index contributed by atoms with van der Waals surface area (Å²) in [6.07, 6.45) is 0.624. The third kappa shape index (κ3) is 5.54. The summed E-state index contributed by atoms with van der Waals surface area (Å²) in [6, 6.07) is 20.0. The lowest BCUT2D eigenvalue weighted by atomic mass is 10.1. The Labute approximate surface area is 218 Å². The SMILES string of the molecule is CCCOC(=O)c1ccccc1N1C(=O)C(Cl)=C(Nc2cccc(C(=O)Nc3cccc(C)c3)c2)C1=O. The number of esters is 1. The van der Waals surface area contributed by atoms with Gasteiger partial charge in [0, 0.05) is 16.9 Å². The van der Waals surface area contributed by atoms with Crippen molar-refractivity contribution in [1.82, 2.24) is 0 Å². The van der Waals surface area contributed by atoms with E-state index >= 15 is 0 Å². The summed E-state index contributed by atoms with van der Waals surface area (Å²) in [5.74, 6) is -2.51. The molecule has 0 saturated heterocycles. The standard InChI is InChI=1S/C28H24ClN3O5/c1-3-14-37-28(36)21-12-4-5-13-22(21)32-26(34)23(29)24(27(32)35)30-20-11-7-9-18(16-20)25(33)31-19-10-6-8-17(2)15-19/h4-13,15-16,30H,3,14H2,1-2H3,(H,31,33). The summed E-state index contributed by atoms with van der Waals surface area (Å²) >= 11 is 6.27. The first-order valence-electron chi connectivity index (χ1n) is 11.6. The minimum atomic E-state index is -0.779. The number of hydrogen-bond donors (Lipinski definition) is 2. The fourth-order valence-electron chi connectivity index (χ4n) is 3.75. The summed E-state index contributed by atoms with van der Waals surface area (Å²) in [4.78, 5) is 52.4. The molecule has 4 rings (SSSR count). The normalized spacial score (nSPS) is 13.1. The van der Waals surface area contributed by atoms with Crippen LogP contribution in [0, 0.1) is 6.92 Å². The number of halogens is 1. The highest BCUT2D eigenvalue weighted by atomic mass is 35.5. The minimum Gasteiger partial charge on any atom is -0.462 e. The average Bonchev–Trinajstić information content (AvgIpc) is 3.10. The molecule has 0 saturated carbocycles. The summed E-state index contributed by atoms with van der Waals surface area (Å²) in [7, 11) is 0. The molecule has 0 atom stereocenters. The molecular formula is C28H24ClN3O5. The molecule has 0 unspecified atom stereocenters. The van der Waals surface area contributed by atoms with Crippen molar-refractivity contribution in [2.45, 2.75) is 20.3 Å². The van der Waals surface area contributed by atoms with Crippen molar-refractivity contribution < 1.29 is 23.9 Å². The van der Waals surface area contributed by atoms with Crippen LogP contribution in [0.5, 0.6) is 0 Å². The van der Waals surface area contributed by atoms with Crippen LogP contribution >= 0.6 is 11.6 Å². The predicted octanol–water partition coefficient (Wildman–Crippen LogP) is 5.25. The van der Waals surface area contributed by atoms with E-state index in [1.54, 1.807) is 42.5 Å². The van der Waals surface area contributed by atoms with Gasteiger partial charge in [-0.25, -0.2) is 9.69 Å². The largest absolute Gasteiger partial charge is 0.462 e. The van der Waals surface area contributed by atoms with Gasteiger partial charge in [0.15, 0.2) is 0 Å². The van der Waals surface area contributed by atoms with E-state index in [1.807, 2.05) is 32.0 Å². The van der Waals surface area contributed by atoms with E-state index in [4.69, 9.17) is 16.3 Å². The maximum Gasteiger partial charge on any atom is 0.340 e. The second-order valence-electron chi connectivity index (χ2n) is 8.32. The first kappa shape index (κ1) is 25.7. The van der Waals surface area contributed by atoms with Crippen molar-refractivity contribution in [2.75, 3.05) is 22.1 Å². The molecule has 1 aliphatic heterocycles. The van der Waals surface area contributed by atoms with Gasteiger partial charge in [-0.3, -0.25) is 14.4 Å². The van der Waals surface area contributed by atoms with Crippen molar-refractivity contribution in [1.29, 1.82) is 0 Å². The van der Waals surface area contributed by atoms with Crippen LogP contribution in [0.15, 0.2) is 83.5 Å². The quantitative estimate of drug-likeness (QED) is 0.312. The molecule has 0 bridgehead atoms. The Morgan fingerprint density at radius 2 is 1.65 bits per heavy atom. The predicted molar refractivity (Wildman–Crippen MR) is 142 cm³/mol. The number of imide groups is 1. The van der Waals surface area contributed by atoms with Crippen molar-refractivity contribution in [2.24, 2.45) is 0 Å². The van der Waals surface area contributed by atoms with Crippen molar-refractivity contribution >= 4 is 52.4 Å². The maximum atomic E-state index is 13.3. The molecule has 0 radical (unpaired) electrons. The zero-order valence-electron chi connectivity index (χ0n) is 20.2. The second-order valence-corrected chi connectivity index (χ2v) is 8.70. The summed E-state index contributed by atoms with van der Waals surface area (Å²) in [6.45, 7) is 3.98.